The number of ketones is 2. The summed E-state index contributed by atoms with van der Waals surface area (Å²) in [6.45, 7) is 0. The minimum atomic E-state index is -2.43. The van der Waals surface area contributed by atoms with Gasteiger partial charge in [0.1, 0.15) is 17.1 Å². The van der Waals surface area contributed by atoms with Gasteiger partial charge in [0.2, 0.25) is 5.78 Å². The molecule has 1 fully saturated rings. The molecule has 1 amide bonds. The molecule has 0 aromatic heterocycles. The molecule has 0 heterocycles. The summed E-state index contributed by atoms with van der Waals surface area (Å²) in [6, 6.07) is 7.08. The highest BCUT2D eigenvalue weighted by Gasteiger charge is 2.60. The summed E-state index contributed by atoms with van der Waals surface area (Å²) in [5.41, 5.74) is 3.36. The first-order valence-electron chi connectivity index (χ1n) is 8.32. The van der Waals surface area contributed by atoms with Crippen LogP contribution in [0.4, 0.5) is 0 Å². The fourth-order valence-corrected chi connectivity index (χ4v) is 4.47. The van der Waals surface area contributed by atoms with Crippen molar-refractivity contribution in [2.24, 2.45) is 17.6 Å². The van der Waals surface area contributed by atoms with Crippen LogP contribution < -0.4 is 5.73 Å². The SMILES string of the molecule is NC(=O)C1=C(O)[C@@]2(O)C(=O)C3=C(O)c4ccccc4CC3C[C@H]2CC1=O. The number of aliphatic hydroxyl groups excluding tert-OH is 2. The van der Waals surface area contributed by atoms with Gasteiger partial charge in [0, 0.05) is 23.5 Å². The number of Topliss-reactive ketones (excluding diaryl/α,β-unsaturated/α-hetero) is 2. The summed E-state index contributed by atoms with van der Waals surface area (Å²) >= 11 is 0. The van der Waals surface area contributed by atoms with Gasteiger partial charge in [-0.25, -0.2) is 0 Å². The van der Waals surface area contributed by atoms with Crippen molar-refractivity contribution in [2.45, 2.75) is 24.9 Å². The van der Waals surface area contributed by atoms with Gasteiger partial charge in [-0.05, 0) is 24.3 Å². The summed E-state index contributed by atoms with van der Waals surface area (Å²) in [5, 5.41) is 32.0. The van der Waals surface area contributed by atoms with Gasteiger partial charge < -0.3 is 21.1 Å². The van der Waals surface area contributed by atoms with Crippen LogP contribution in [0.15, 0.2) is 41.2 Å². The fraction of sp³-hybridized carbons (Fsp3) is 0.316. The van der Waals surface area contributed by atoms with Crippen LogP contribution in [0.1, 0.15) is 24.0 Å². The number of benzene rings is 1. The maximum absolute atomic E-state index is 13.1. The number of rotatable bonds is 1. The average molecular weight is 355 g/mol. The minimum Gasteiger partial charge on any atom is -0.508 e. The van der Waals surface area contributed by atoms with Crippen molar-refractivity contribution < 1.29 is 29.7 Å². The zero-order chi connectivity index (χ0) is 18.8. The van der Waals surface area contributed by atoms with Crippen LogP contribution in [-0.4, -0.2) is 38.4 Å². The lowest BCUT2D eigenvalue weighted by atomic mass is 9.59. The van der Waals surface area contributed by atoms with E-state index in [9.17, 15) is 29.7 Å². The molecule has 3 atom stereocenters. The Balaban J connectivity index is 1.92. The quantitative estimate of drug-likeness (QED) is 0.548. The predicted octanol–water partition coefficient (Wildman–Crippen LogP) is 0.718. The van der Waals surface area contributed by atoms with Crippen molar-refractivity contribution in [3.63, 3.8) is 0 Å². The van der Waals surface area contributed by atoms with Gasteiger partial charge in [-0.1, -0.05) is 24.3 Å². The van der Waals surface area contributed by atoms with Gasteiger partial charge in [-0.15, -0.1) is 0 Å². The Hall–Kier alpha value is -2.93. The second-order valence-corrected chi connectivity index (χ2v) is 7.06. The largest absolute Gasteiger partial charge is 0.508 e. The van der Waals surface area contributed by atoms with Crippen molar-refractivity contribution in [3.05, 3.63) is 52.3 Å². The van der Waals surface area contributed by atoms with E-state index >= 15 is 0 Å². The molecule has 1 unspecified atom stereocenters. The molecule has 7 nitrogen and oxygen atoms in total. The average Bonchev–Trinajstić information content (AvgIpc) is 2.58. The van der Waals surface area contributed by atoms with E-state index in [-0.39, 0.29) is 30.1 Å². The number of aliphatic hydroxyl groups is 3. The molecule has 3 aliphatic rings. The van der Waals surface area contributed by atoms with E-state index in [2.05, 4.69) is 0 Å². The van der Waals surface area contributed by atoms with Crippen LogP contribution in [-0.2, 0) is 20.8 Å². The van der Waals surface area contributed by atoms with E-state index in [0.29, 0.717) is 12.0 Å². The Morgan fingerprint density at radius 3 is 2.54 bits per heavy atom. The Labute approximate surface area is 148 Å². The second kappa shape index (κ2) is 5.28. The van der Waals surface area contributed by atoms with Gasteiger partial charge in [0.05, 0.1) is 0 Å². The maximum Gasteiger partial charge on any atom is 0.255 e. The molecular formula is C19H17NO6. The van der Waals surface area contributed by atoms with Crippen LogP contribution in [0.3, 0.4) is 0 Å². The molecule has 134 valence electrons. The third kappa shape index (κ3) is 1.94. The molecule has 0 radical (unpaired) electrons. The van der Waals surface area contributed by atoms with Gasteiger partial charge in [-0.3, -0.25) is 14.4 Å². The Kier molecular flexibility index (Phi) is 3.36. The van der Waals surface area contributed by atoms with Crippen LogP contribution >= 0.6 is 0 Å². The van der Waals surface area contributed by atoms with Crippen molar-refractivity contribution in [3.8, 4) is 0 Å². The number of primary amides is 1. The number of amides is 1. The summed E-state index contributed by atoms with van der Waals surface area (Å²) in [7, 11) is 0. The highest BCUT2D eigenvalue weighted by atomic mass is 16.3. The monoisotopic (exact) mass is 355 g/mol. The molecule has 0 saturated heterocycles. The smallest absolute Gasteiger partial charge is 0.255 e. The molecule has 1 aromatic carbocycles. The van der Waals surface area contributed by atoms with Crippen LogP contribution in [0, 0.1) is 11.8 Å². The molecule has 0 bridgehead atoms. The highest BCUT2D eigenvalue weighted by molar-refractivity contribution is 6.22. The summed E-state index contributed by atoms with van der Waals surface area (Å²) in [6.07, 6.45) is 0.434. The molecule has 5 N–H and O–H groups in total. The van der Waals surface area contributed by atoms with E-state index in [1.165, 1.54) is 0 Å². The molecule has 3 aliphatic carbocycles. The van der Waals surface area contributed by atoms with Gasteiger partial charge >= 0.3 is 0 Å². The van der Waals surface area contributed by atoms with Crippen LogP contribution in [0.2, 0.25) is 0 Å². The van der Waals surface area contributed by atoms with Gasteiger partial charge in [0.15, 0.2) is 11.4 Å². The summed E-state index contributed by atoms with van der Waals surface area (Å²) in [4.78, 5) is 36.8. The zero-order valence-electron chi connectivity index (χ0n) is 13.7. The van der Waals surface area contributed by atoms with E-state index in [4.69, 9.17) is 5.73 Å². The van der Waals surface area contributed by atoms with E-state index in [1.807, 2.05) is 12.1 Å². The Bertz CT molecular complexity index is 943. The topological polar surface area (TPSA) is 138 Å². The summed E-state index contributed by atoms with van der Waals surface area (Å²) in [5.74, 6) is -5.26. The molecular weight excluding hydrogens is 338 g/mol. The lowest BCUT2D eigenvalue weighted by Gasteiger charge is -2.46. The number of carbonyl (C=O) groups excluding carboxylic acids is 3. The first-order chi connectivity index (χ1) is 12.3. The standard InChI is InChI=1S/C19H17NO6/c20-18(25)14-12(21)7-10-6-9-5-8-3-1-2-4-11(8)15(22)13(9)16(23)19(10,26)17(14)24/h1-4,9-10,22,24,26H,5-7H2,(H2,20,25)/t9?,10-,19-/m0/s1. The molecule has 0 aliphatic heterocycles. The fourth-order valence-electron chi connectivity index (χ4n) is 4.47. The third-order valence-corrected chi connectivity index (χ3v) is 5.71. The molecule has 7 heteroatoms. The summed E-state index contributed by atoms with van der Waals surface area (Å²) < 4.78 is 0. The minimum absolute atomic E-state index is 0.0205. The lowest BCUT2D eigenvalue weighted by molar-refractivity contribution is -0.147. The lowest BCUT2D eigenvalue weighted by Crippen LogP contribution is -2.58. The number of nitrogens with two attached hydrogens (primary N) is 1. The predicted molar refractivity (Wildman–Crippen MR) is 89.7 cm³/mol. The number of fused-ring (bicyclic) bond motifs is 3. The molecule has 4 rings (SSSR count). The third-order valence-electron chi connectivity index (χ3n) is 5.71. The van der Waals surface area contributed by atoms with E-state index in [0.717, 1.165) is 5.56 Å². The van der Waals surface area contributed by atoms with E-state index in [1.54, 1.807) is 12.1 Å². The first kappa shape index (κ1) is 16.5. The molecule has 26 heavy (non-hydrogen) atoms. The van der Waals surface area contributed by atoms with Gasteiger partial charge in [-0.2, -0.15) is 0 Å². The van der Waals surface area contributed by atoms with Crippen molar-refractivity contribution in [1.29, 1.82) is 0 Å². The van der Waals surface area contributed by atoms with Crippen LogP contribution in [0.25, 0.3) is 5.76 Å². The number of carbonyl (C=O) groups is 3. The maximum atomic E-state index is 13.1. The highest BCUT2D eigenvalue weighted by Crippen LogP contribution is 2.50. The number of hydrogen-bond donors (Lipinski definition) is 4. The zero-order valence-corrected chi connectivity index (χ0v) is 13.7. The normalized spacial score (nSPS) is 30.7. The first-order valence-corrected chi connectivity index (χ1v) is 8.32. The molecule has 0 spiro atoms. The Morgan fingerprint density at radius 2 is 1.85 bits per heavy atom. The van der Waals surface area contributed by atoms with Crippen molar-refractivity contribution in [1.82, 2.24) is 0 Å². The van der Waals surface area contributed by atoms with E-state index < -0.39 is 40.3 Å². The van der Waals surface area contributed by atoms with Crippen LogP contribution in [0.5, 0.6) is 0 Å². The Morgan fingerprint density at radius 1 is 1.15 bits per heavy atom. The molecule has 1 aromatic rings. The number of hydrogen-bond acceptors (Lipinski definition) is 6. The van der Waals surface area contributed by atoms with Crippen molar-refractivity contribution >= 4 is 23.2 Å². The van der Waals surface area contributed by atoms with Gasteiger partial charge in [0.25, 0.3) is 5.91 Å². The van der Waals surface area contributed by atoms with Crippen molar-refractivity contribution in [2.75, 3.05) is 0 Å². The molecule has 1 saturated carbocycles. The second-order valence-electron chi connectivity index (χ2n) is 7.06.